The van der Waals surface area contributed by atoms with Crippen LogP contribution >= 0.6 is 0 Å². The molecular formula is C54H107NO11S. The molecule has 12 nitrogen and oxygen atoms in total. The molecule has 0 radical (unpaired) electrons. The minimum absolute atomic E-state index is 0.223. The van der Waals surface area contributed by atoms with Gasteiger partial charge in [0.25, 0.3) is 0 Å². The second kappa shape index (κ2) is 45.0. The summed E-state index contributed by atoms with van der Waals surface area (Å²) in [6.45, 7) is 3.50. The zero-order chi connectivity index (χ0) is 49.1. The topological polar surface area (TPSA) is 192 Å². The maximum Gasteiger partial charge on any atom is 0.397 e. The zero-order valence-corrected chi connectivity index (χ0v) is 44.1. The molecule has 0 aliphatic carbocycles. The van der Waals surface area contributed by atoms with Crippen LogP contribution in [0.15, 0.2) is 0 Å². The average Bonchev–Trinajstić information content (AvgIpc) is 3.30. The quantitative estimate of drug-likeness (QED) is 0.0251. The van der Waals surface area contributed by atoms with E-state index in [0.29, 0.717) is 12.8 Å². The first-order chi connectivity index (χ1) is 32.5. The Kier molecular flexibility index (Phi) is 43.1. The predicted octanol–water partition coefficient (Wildman–Crippen LogP) is 12.9. The van der Waals surface area contributed by atoms with Gasteiger partial charge in [-0.15, -0.1) is 0 Å². The Morgan fingerprint density at radius 2 is 0.866 bits per heavy atom. The van der Waals surface area contributed by atoms with Gasteiger partial charge >= 0.3 is 10.4 Å². The highest BCUT2D eigenvalue weighted by Crippen LogP contribution is 2.26. The fourth-order valence-corrected chi connectivity index (χ4v) is 10.0. The molecule has 0 spiro atoms. The monoisotopic (exact) mass is 978 g/mol. The highest BCUT2D eigenvalue weighted by atomic mass is 32.3. The van der Waals surface area contributed by atoms with Crippen LogP contribution in [0.2, 0.25) is 0 Å². The number of ether oxygens (including phenoxy) is 2. The minimum Gasteiger partial charge on any atom is -0.394 e. The molecule has 1 aliphatic heterocycles. The van der Waals surface area contributed by atoms with Crippen molar-refractivity contribution in [1.82, 2.24) is 5.32 Å². The van der Waals surface area contributed by atoms with Crippen LogP contribution in [0.3, 0.4) is 0 Å². The van der Waals surface area contributed by atoms with Crippen molar-refractivity contribution in [2.45, 2.75) is 326 Å². The number of carbonyl (C=O) groups excluding carboxylic acids is 1. The third-order valence-corrected chi connectivity index (χ3v) is 14.4. The number of nitrogens with one attached hydrogen (secondary N) is 1. The Morgan fingerprint density at radius 3 is 1.19 bits per heavy atom. The molecule has 0 bridgehead atoms. The fraction of sp³-hybridized carbons (Fsp3) is 0.981. The molecule has 400 valence electrons. The zero-order valence-electron chi connectivity index (χ0n) is 43.2. The normalized spacial score (nSPS) is 19.8. The summed E-state index contributed by atoms with van der Waals surface area (Å²) in [7, 11) is -5.08. The van der Waals surface area contributed by atoms with Crippen LogP contribution in [0, 0.1) is 0 Å². The van der Waals surface area contributed by atoms with Crippen molar-refractivity contribution in [3.63, 3.8) is 0 Å². The second-order valence-electron chi connectivity index (χ2n) is 20.2. The van der Waals surface area contributed by atoms with Gasteiger partial charge in [-0.1, -0.05) is 264 Å². The number of hydrogen-bond donors (Lipinski definition) is 6. The average molecular weight is 979 g/mol. The van der Waals surface area contributed by atoms with Crippen molar-refractivity contribution < 1.29 is 51.8 Å². The maximum absolute atomic E-state index is 13.1. The van der Waals surface area contributed by atoms with E-state index in [4.69, 9.17) is 9.47 Å². The van der Waals surface area contributed by atoms with Crippen LogP contribution < -0.4 is 5.32 Å². The van der Waals surface area contributed by atoms with E-state index < -0.39 is 59.9 Å². The SMILES string of the molecule is CCCCCCCCCCCCCCCCCCCCCCCCCC(O)C(COC1OC(CO)C(O)C(OS(=O)(=O)O)C1O)NC(=O)CCCCCCCCCCCCCCCCCCC. The Labute approximate surface area is 411 Å². The van der Waals surface area contributed by atoms with Crippen molar-refractivity contribution in [1.29, 1.82) is 0 Å². The highest BCUT2D eigenvalue weighted by molar-refractivity contribution is 7.80. The smallest absolute Gasteiger partial charge is 0.394 e. The number of aliphatic hydroxyl groups excluding tert-OH is 4. The van der Waals surface area contributed by atoms with E-state index in [1.54, 1.807) is 0 Å². The summed E-state index contributed by atoms with van der Waals surface area (Å²) in [4.78, 5) is 13.1. The lowest BCUT2D eigenvalue weighted by atomic mass is 9.99. The number of hydrogen-bond acceptors (Lipinski definition) is 10. The molecule has 1 rings (SSSR count). The molecule has 1 amide bonds. The minimum atomic E-state index is -5.08. The van der Waals surface area contributed by atoms with Gasteiger partial charge in [-0.25, -0.2) is 4.18 Å². The highest BCUT2D eigenvalue weighted by Gasteiger charge is 2.48. The summed E-state index contributed by atoms with van der Waals surface area (Å²) in [5.74, 6) is -0.223. The molecule has 0 aromatic heterocycles. The van der Waals surface area contributed by atoms with E-state index in [1.165, 1.54) is 205 Å². The molecule has 7 atom stereocenters. The summed E-state index contributed by atoms with van der Waals surface area (Å²) in [5, 5.41) is 45.1. The first-order valence-corrected chi connectivity index (χ1v) is 29.8. The standard InChI is InChI=1S/C54H107NO11S/c1-3-5-7-9-11-13-15-17-19-21-22-23-24-25-26-28-29-31-33-35-37-39-41-43-48(57)47(46-64-54-52(60)53(66-67(61,62)63)51(59)49(45-56)65-54)55-50(58)44-42-40-38-36-34-32-30-27-20-18-16-14-12-10-8-6-4-2/h47-49,51-54,56-57,59-60H,3-46H2,1-2H3,(H,55,58)(H,61,62,63). The first kappa shape index (κ1) is 64.1. The molecule has 1 fully saturated rings. The van der Waals surface area contributed by atoms with Crippen LogP contribution in [0.5, 0.6) is 0 Å². The maximum atomic E-state index is 13.1. The van der Waals surface area contributed by atoms with Crippen molar-refractivity contribution in [2.24, 2.45) is 0 Å². The van der Waals surface area contributed by atoms with Gasteiger partial charge < -0.3 is 35.2 Å². The number of amides is 1. The molecule has 1 heterocycles. The Morgan fingerprint density at radius 1 is 0.537 bits per heavy atom. The molecular weight excluding hydrogens is 871 g/mol. The largest absolute Gasteiger partial charge is 0.397 e. The fourth-order valence-electron chi connectivity index (χ4n) is 9.52. The van der Waals surface area contributed by atoms with Gasteiger partial charge in [-0.3, -0.25) is 9.35 Å². The lowest BCUT2D eigenvalue weighted by Gasteiger charge is -2.41. The van der Waals surface area contributed by atoms with Gasteiger partial charge in [0.05, 0.1) is 25.4 Å². The van der Waals surface area contributed by atoms with Gasteiger partial charge in [0.1, 0.15) is 24.4 Å². The predicted molar refractivity (Wildman–Crippen MR) is 273 cm³/mol. The van der Waals surface area contributed by atoms with Gasteiger partial charge in [0, 0.05) is 6.42 Å². The third kappa shape index (κ3) is 37.5. The Bertz CT molecular complexity index is 1200. The summed E-state index contributed by atoms with van der Waals surface area (Å²) < 4.78 is 47.9. The summed E-state index contributed by atoms with van der Waals surface area (Å²) >= 11 is 0. The van der Waals surface area contributed by atoms with Crippen LogP contribution in [0.25, 0.3) is 0 Å². The van der Waals surface area contributed by atoms with E-state index in [1.807, 2.05) is 0 Å². The third-order valence-electron chi connectivity index (χ3n) is 13.9. The summed E-state index contributed by atoms with van der Waals surface area (Å²) in [5.41, 5.74) is 0. The van der Waals surface area contributed by atoms with Crippen LogP contribution in [-0.2, 0) is 28.9 Å². The van der Waals surface area contributed by atoms with Gasteiger partial charge in [-0.2, -0.15) is 8.42 Å². The van der Waals surface area contributed by atoms with E-state index in [9.17, 15) is 38.2 Å². The van der Waals surface area contributed by atoms with Gasteiger partial charge in [0.2, 0.25) is 5.91 Å². The van der Waals surface area contributed by atoms with E-state index in [0.717, 1.165) is 51.4 Å². The molecule has 13 heteroatoms. The number of aliphatic hydroxyl groups is 4. The Balaban J connectivity index is 2.35. The molecule has 1 aliphatic rings. The number of carbonyl (C=O) groups is 1. The Hall–Kier alpha value is -0.900. The van der Waals surface area contributed by atoms with Gasteiger partial charge in [0.15, 0.2) is 6.29 Å². The molecule has 0 saturated carbocycles. The van der Waals surface area contributed by atoms with E-state index in [2.05, 4.69) is 23.3 Å². The van der Waals surface area contributed by atoms with E-state index >= 15 is 0 Å². The summed E-state index contributed by atoms with van der Waals surface area (Å²) in [6, 6.07) is -0.853. The number of rotatable bonds is 50. The van der Waals surface area contributed by atoms with Gasteiger partial charge in [-0.05, 0) is 12.8 Å². The molecule has 7 unspecified atom stereocenters. The van der Waals surface area contributed by atoms with Crippen molar-refractivity contribution >= 4 is 16.3 Å². The van der Waals surface area contributed by atoms with Crippen molar-refractivity contribution in [3.8, 4) is 0 Å². The molecule has 1 saturated heterocycles. The van der Waals surface area contributed by atoms with Crippen molar-refractivity contribution in [2.75, 3.05) is 13.2 Å². The molecule has 0 aromatic rings. The van der Waals surface area contributed by atoms with E-state index in [-0.39, 0.29) is 12.5 Å². The van der Waals surface area contributed by atoms with Crippen molar-refractivity contribution in [3.05, 3.63) is 0 Å². The van der Waals surface area contributed by atoms with Crippen LogP contribution in [0.1, 0.15) is 284 Å². The van der Waals surface area contributed by atoms with Crippen LogP contribution in [-0.4, -0.2) is 95.4 Å². The second-order valence-corrected chi connectivity index (χ2v) is 21.3. The van der Waals surface area contributed by atoms with Crippen LogP contribution in [0.4, 0.5) is 0 Å². The lowest BCUT2D eigenvalue weighted by Crippen LogP contribution is -2.61. The molecule has 6 N–H and O–H groups in total. The first-order valence-electron chi connectivity index (χ1n) is 28.4. The summed E-state index contributed by atoms with van der Waals surface area (Å²) in [6.07, 6.45) is 42.5. The molecule has 67 heavy (non-hydrogen) atoms. The number of unbranched alkanes of at least 4 members (excludes halogenated alkanes) is 38. The lowest BCUT2D eigenvalue weighted by molar-refractivity contribution is -0.298. The molecule has 0 aromatic carbocycles.